The zero-order valence-corrected chi connectivity index (χ0v) is 12.1. The molecule has 2 aliphatic rings. The molecule has 1 aromatic rings. The predicted octanol–water partition coefficient (Wildman–Crippen LogP) is 3.49. The average molecular weight is 264 g/mol. The SMILES string of the molecule is CCCNCC1(Cc2nccs2)CC2CCC1C2. The highest BCUT2D eigenvalue weighted by molar-refractivity contribution is 7.09. The van der Waals surface area contributed by atoms with Gasteiger partial charge < -0.3 is 5.32 Å². The molecule has 0 spiro atoms. The molecule has 1 heterocycles. The number of hydrogen-bond acceptors (Lipinski definition) is 3. The van der Waals surface area contributed by atoms with Gasteiger partial charge in [-0.05, 0) is 49.5 Å². The highest BCUT2D eigenvalue weighted by atomic mass is 32.1. The molecular formula is C15H24N2S. The van der Waals surface area contributed by atoms with Crippen molar-refractivity contribution < 1.29 is 0 Å². The fourth-order valence-corrected chi connectivity index (χ4v) is 4.98. The molecule has 3 atom stereocenters. The third kappa shape index (κ3) is 2.35. The van der Waals surface area contributed by atoms with Crippen molar-refractivity contribution in [3.8, 4) is 0 Å². The van der Waals surface area contributed by atoms with Crippen molar-refractivity contribution in [2.75, 3.05) is 13.1 Å². The van der Waals surface area contributed by atoms with E-state index in [4.69, 9.17) is 0 Å². The number of rotatable bonds is 6. The van der Waals surface area contributed by atoms with Crippen LogP contribution < -0.4 is 5.32 Å². The second-order valence-corrected chi connectivity index (χ2v) is 7.20. The van der Waals surface area contributed by atoms with Gasteiger partial charge in [0.1, 0.15) is 0 Å². The second-order valence-electron chi connectivity index (χ2n) is 6.22. The van der Waals surface area contributed by atoms with Crippen LogP contribution >= 0.6 is 11.3 Å². The molecule has 1 N–H and O–H groups in total. The Bertz CT molecular complexity index is 376. The van der Waals surface area contributed by atoms with Crippen LogP contribution in [0.1, 0.15) is 44.0 Å². The third-order valence-electron chi connectivity index (χ3n) is 4.99. The lowest BCUT2D eigenvalue weighted by Gasteiger charge is -2.37. The summed E-state index contributed by atoms with van der Waals surface area (Å²) in [6.45, 7) is 4.62. The van der Waals surface area contributed by atoms with E-state index in [0.717, 1.165) is 18.4 Å². The minimum Gasteiger partial charge on any atom is -0.316 e. The Morgan fingerprint density at radius 2 is 2.44 bits per heavy atom. The topological polar surface area (TPSA) is 24.9 Å². The molecule has 3 unspecified atom stereocenters. The van der Waals surface area contributed by atoms with Gasteiger partial charge in [-0.3, -0.25) is 0 Å². The first kappa shape index (κ1) is 12.6. The zero-order valence-electron chi connectivity index (χ0n) is 11.3. The number of aromatic nitrogens is 1. The molecule has 0 radical (unpaired) electrons. The number of fused-ring (bicyclic) bond motifs is 2. The van der Waals surface area contributed by atoms with E-state index in [1.165, 1.54) is 50.1 Å². The molecule has 0 aromatic carbocycles. The highest BCUT2D eigenvalue weighted by Crippen LogP contribution is 2.57. The van der Waals surface area contributed by atoms with Crippen LogP contribution in [0.2, 0.25) is 0 Å². The van der Waals surface area contributed by atoms with Gasteiger partial charge in [0.15, 0.2) is 0 Å². The smallest absolute Gasteiger partial charge is 0.0930 e. The van der Waals surface area contributed by atoms with E-state index in [1.807, 2.05) is 17.5 Å². The van der Waals surface area contributed by atoms with E-state index in [-0.39, 0.29) is 0 Å². The van der Waals surface area contributed by atoms with Gasteiger partial charge in [-0.2, -0.15) is 0 Å². The number of nitrogens with one attached hydrogen (secondary N) is 1. The Labute approximate surface area is 114 Å². The molecule has 2 nitrogen and oxygen atoms in total. The van der Waals surface area contributed by atoms with Crippen molar-refractivity contribution in [1.29, 1.82) is 0 Å². The second kappa shape index (κ2) is 5.30. The maximum absolute atomic E-state index is 4.53. The Balaban J connectivity index is 1.71. The minimum absolute atomic E-state index is 0.524. The number of nitrogens with zero attached hydrogens (tertiary/aromatic N) is 1. The molecular weight excluding hydrogens is 240 g/mol. The van der Waals surface area contributed by atoms with Gasteiger partial charge in [0.2, 0.25) is 0 Å². The minimum atomic E-state index is 0.524. The molecule has 0 amide bonds. The monoisotopic (exact) mass is 264 g/mol. The normalized spacial score (nSPS) is 34.3. The van der Waals surface area contributed by atoms with Gasteiger partial charge >= 0.3 is 0 Å². The van der Waals surface area contributed by atoms with Crippen molar-refractivity contribution in [2.45, 2.75) is 45.4 Å². The molecule has 2 aliphatic carbocycles. The summed E-state index contributed by atoms with van der Waals surface area (Å²) in [6.07, 6.45) is 10.3. The zero-order chi connectivity index (χ0) is 12.4. The van der Waals surface area contributed by atoms with E-state index >= 15 is 0 Å². The van der Waals surface area contributed by atoms with E-state index < -0.39 is 0 Å². The maximum atomic E-state index is 4.53. The summed E-state index contributed by atoms with van der Waals surface area (Å²) in [5.41, 5.74) is 0.524. The molecule has 18 heavy (non-hydrogen) atoms. The molecule has 3 heteroatoms. The van der Waals surface area contributed by atoms with Gasteiger partial charge in [-0.15, -0.1) is 11.3 Å². The van der Waals surface area contributed by atoms with Crippen LogP contribution in [-0.4, -0.2) is 18.1 Å². The van der Waals surface area contributed by atoms with Gasteiger partial charge in [-0.1, -0.05) is 13.3 Å². The molecule has 2 bridgehead atoms. The van der Waals surface area contributed by atoms with Crippen molar-refractivity contribution in [3.05, 3.63) is 16.6 Å². The van der Waals surface area contributed by atoms with Crippen LogP contribution in [0.4, 0.5) is 0 Å². The van der Waals surface area contributed by atoms with Gasteiger partial charge in [0, 0.05) is 24.5 Å². The van der Waals surface area contributed by atoms with E-state index in [1.54, 1.807) is 0 Å². The predicted molar refractivity (Wildman–Crippen MR) is 76.9 cm³/mol. The van der Waals surface area contributed by atoms with Gasteiger partial charge in [-0.25, -0.2) is 4.98 Å². The average Bonchev–Trinajstić information content (AvgIpc) is 3.06. The highest BCUT2D eigenvalue weighted by Gasteiger charge is 2.50. The molecule has 2 saturated carbocycles. The maximum Gasteiger partial charge on any atom is 0.0930 e. The Hall–Kier alpha value is -0.410. The van der Waals surface area contributed by atoms with Crippen LogP contribution in [0.25, 0.3) is 0 Å². The van der Waals surface area contributed by atoms with Gasteiger partial charge in [0.05, 0.1) is 5.01 Å². The third-order valence-corrected chi connectivity index (χ3v) is 5.77. The van der Waals surface area contributed by atoms with Crippen molar-refractivity contribution in [2.24, 2.45) is 17.3 Å². The van der Waals surface area contributed by atoms with Crippen LogP contribution in [-0.2, 0) is 6.42 Å². The van der Waals surface area contributed by atoms with Crippen LogP contribution in [0.3, 0.4) is 0 Å². The first-order chi connectivity index (χ1) is 8.82. The van der Waals surface area contributed by atoms with Gasteiger partial charge in [0.25, 0.3) is 0 Å². The molecule has 0 aliphatic heterocycles. The summed E-state index contributed by atoms with van der Waals surface area (Å²) in [5.74, 6) is 1.97. The molecule has 0 saturated heterocycles. The Morgan fingerprint density at radius 3 is 3.06 bits per heavy atom. The quantitative estimate of drug-likeness (QED) is 0.796. The lowest BCUT2D eigenvalue weighted by Crippen LogP contribution is -2.40. The molecule has 2 fully saturated rings. The van der Waals surface area contributed by atoms with Crippen molar-refractivity contribution in [1.82, 2.24) is 10.3 Å². The largest absolute Gasteiger partial charge is 0.316 e. The van der Waals surface area contributed by atoms with E-state index in [0.29, 0.717) is 5.41 Å². The standard InChI is InChI=1S/C15H24N2S/c1-2-5-16-11-15(10-14-17-6-7-18-14)9-12-3-4-13(15)8-12/h6-7,12-13,16H,2-5,8-11H2,1H3. The van der Waals surface area contributed by atoms with E-state index in [2.05, 4.69) is 22.6 Å². The summed E-state index contributed by atoms with van der Waals surface area (Å²) in [7, 11) is 0. The fraction of sp³-hybridized carbons (Fsp3) is 0.800. The van der Waals surface area contributed by atoms with Crippen molar-refractivity contribution in [3.63, 3.8) is 0 Å². The fourth-order valence-electron chi connectivity index (χ4n) is 4.21. The summed E-state index contributed by atoms with van der Waals surface area (Å²) in [6, 6.07) is 0. The van der Waals surface area contributed by atoms with Crippen LogP contribution in [0, 0.1) is 17.3 Å². The summed E-state index contributed by atoms with van der Waals surface area (Å²) < 4.78 is 0. The summed E-state index contributed by atoms with van der Waals surface area (Å²) in [5, 5.41) is 7.16. The molecule has 1 aromatic heterocycles. The van der Waals surface area contributed by atoms with Crippen molar-refractivity contribution >= 4 is 11.3 Å². The lowest BCUT2D eigenvalue weighted by atomic mass is 9.71. The van der Waals surface area contributed by atoms with Crippen LogP contribution in [0.15, 0.2) is 11.6 Å². The Morgan fingerprint density at radius 1 is 1.50 bits per heavy atom. The lowest BCUT2D eigenvalue weighted by molar-refractivity contribution is 0.156. The first-order valence-electron chi connectivity index (χ1n) is 7.41. The van der Waals surface area contributed by atoms with Crippen LogP contribution in [0.5, 0.6) is 0 Å². The summed E-state index contributed by atoms with van der Waals surface area (Å²) in [4.78, 5) is 4.53. The van der Waals surface area contributed by atoms with E-state index in [9.17, 15) is 0 Å². The Kier molecular flexibility index (Phi) is 3.71. The number of thiazole rings is 1. The summed E-state index contributed by atoms with van der Waals surface area (Å²) >= 11 is 1.84. The molecule has 3 rings (SSSR count). The first-order valence-corrected chi connectivity index (χ1v) is 8.29. The number of hydrogen-bond donors (Lipinski definition) is 1. The molecule has 100 valence electrons.